The normalized spacial score (nSPS) is 21.1. The number of carbonyl (C=O) groups excluding carboxylic acids is 2. The van der Waals surface area contributed by atoms with Crippen LogP contribution >= 0.6 is 11.3 Å². The molecule has 2 aromatic rings. The molecule has 0 spiro atoms. The fraction of sp³-hybridized carbons (Fsp3) is 0.500. The molecule has 0 bridgehead atoms. The Hall–Kier alpha value is -2.65. The lowest BCUT2D eigenvalue weighted by Gasteiger charge is -2.35. The van der Waals surface area contributed by atoms with E-state index in [4.69, 9.17) is 4.74 Å². The average molecular weight is 442 g/mol. The first-order chi connectivity index (χ1) is 15.2. The van der Waals surface area contributed by atoms with E-state index in [1.807, 2.05) is 28.5 Å². The van der Waals surface area contributed by atoms with Crippen LogP contribution in [0, 0.1) is 5.92 Å². The van der Waals surface area contributed by atoms with Gasteiger partial charge < -0.3 is 20.3 Å². The maximum atomic E-state index is 12.4. The summed E-state index contributed by atoms with van der Waals surface area (Å²) in [5.41, 5.74) is 1.74. The third kappa shape index (κ3) is 4.52. The van der Waals surface area contributed by atoms with Crippen LogP contribution in [0.25, 0.3) is 10.6 Å². The molecule has 2 fully saturated rings. The summed E-state index contributed by atoms with van der Waals surface area (Å²) >= 11 is 1.46. The summed E-state index contributed by atoms with van der Waals surface area (Å²) in [5.74, 6) is 1.86. The van der Waals surface area contributed by atoms with Gasteiger partial charge in [-0.3, -0.25) is 10.1 Å². The van der Waals surface area contributed by atoms with E-state index in [-0.39, 0.29) is 24.6 Å². The van der Waals surface area contributed by atoms with Crippen molar-refractivity contribution in [3.63, 3.8) is 0 Å². The van der Waals surface area contributed by atoms with E-state index in [0.29, 0.717) is 17.5 Å². The van der Waals surface area contributed by atoms with Gasteiger partial charge in [-0.15, -0.1) is 11.3 Å². The summed E-state index contributed by atoms with van der Waals surface area (Å²) in [5, 5.41) is 11.7. The molecule has 2 aliphatic heterocycles. The molecular weight excluding hydrogens is 414 g/mol. The molecule has 164 valence electrons. The van der Waals surface area contributed by atoms with Gasteiger partial charge in [0.1, 0.15) is 16.6 Å². The number of benzene rings is 1. The van der Waals surface area contributed by atoms with Gasteiger partial charge >= 0.3 is 6.03 Å². The average Bonchev–Trinajstić information content (AvgIpc) is 3.20. The van der Waals surface area contributed by atoms with Crippen molar-refractivity contribution in [2.45, 2.75) is 38.1 Å². The molecule has 1 aromatic carbocycles. The number of nitrogens with one attached hydrogen (secondary N) is 3. The van der Waals surface area contributed by atoms with Gasteiger partial charge in [0.15, 0.2) is 6.61 Å². The lowest BCUT2D eigenvalue weighted by Crippen LogP contribution is -2.47. The Balaban J connectivity index is 1.26. The topological polar surface area (TPSA) is 95.6 Å². The molecule has 1 aliphatic carbocycles. The number of aromatic nitrogens is 1. The Labute approximate surface area is 185 Å². The zero-order chi connectivity index (χ0) is 21.2. The third-order valence-corrected chi connectivity index (χ3v) is 7.08. The zero-order valence-corrected chi connectivity index (χ0v) is 18.2. The largest absolute Gasteiger partial charge is 0.482 e. The number of amides is 3. The Morgan fingerprint density at radius 2 is 2.19 bits per heavy atom. The molecule has 9 heteroatoms. The number of ether oxygens (including phenoxy) is 1. The Kier molecular flexibility index (Phi) is 5.78. The van der Waals surface area contributed by atoms with E-state index in [2.05, 4.69) is 20.9 Å². The fourth-order valence-electron chi connectivity index (χ4n) is 4.25. The molecule has 8 nitrogen and oxygen atoms in total. The van der Waals surface area contributed by atoms with Crippen LogP contribution in [-0.2, 0) is 4.79 Å². The molecular formula is C22H27N5O3S. The van der Waals surface area contributed by atoms with E-state index in [1.54, 1.807) is 0 Å². The van der Waals surface area contributed by atoms with Crippen LogP contribution in [0.1, 0.15) is 32.1 Å². The molecule has 3 aliphatic rings. The van der Waals surface area contributed by atoms with E-state index in [0.717, 1.165) is 48.7 Å². The first-order valence-corrected chi connectivity index (χ1v) is 11.8. The van der Waals surface area contributed by atoms with Crippen LogP contribution in [0.3, 0.4) is 0 Å². The fourth-order valence-corrected chi connectivity index (χ4v) is 5.00. The van der Waals surface area contributed by atoms with Gasteiger partial charge in [0.25, 0.3) is 5.91 Å². The summed E-state index contributed by atoms with van der Waals surface area (Å²) in [7, 11) is 0. The van der Waals surface area contributed by atoms with Crippen LogP contribution in [0.2, 0.25) is 0 Å². The van der Waals surface area contributed by atoms with Crippen LogP contribution in [0.15, 0.2) is 23.6 Å². The SMILES string of the molecule is O=C(Nc1csc(-c2ccc3c(c2)OCC(=O)N3CC2CCC2)n1)N[C@@H]1CCCNC1. The minimum Gasteiger partial charge on any atom is -0.482 e. The highest BCUT2D eigenvalue weighted by Gasteiger charge is 2.30. The maximum Gasteiger partial charge on any atom is 0.320 e. The molecule has 1 aromatic heterocycles. The molecule has 31 heavy (non-hydrogen) atoms. The zero-order valence-electron chi connectivity index (χ0n) is 17.4. The number of hydrogen-bond acceptors (Lipinski definition) is 6. The monoisotopic (exact) mass is 441 g/mol. The van der Waals surface area contributed by atoms with Gasteiger partial charge in [-0.1, -0.05) is 6.42 Å². The van der Waals surface area contributed by atoms with Crippen molar-refractivity contribution in [1.82, 2.24) is 15.6 Å². The molecule has 0 radical (unpaired) electrons. The molecule has 1 saturated carbocycles. The summed E-state index contributed by atoms with van der Waals surface area (Å²) in [6.45, 7) is 2.65. The van der Waals surface area contributed by atoms with Gasteiger partial charge in [-0.25, -0.2) is 9.78 Å². The van der Waals surface area contributed by atoms with Crippen molar-refractivity contribution in [3.05, 3.63) is 23.6 Å². The van der Waals surface area contributed by atoms with Crippen LogP contribution in [-0.4, -0.2) is 49.2 Å². The number of fused-ring (bicyclic) bond motifs is 1. The number of urea groups is 1. The number of carbonyl (C=O) groups is 2. The maximum absolute atomic E-state index is 12.4. The van der Waals surface area contributed by atoms with Crippen molar-refractivity contribution < 1.29 is 14.3 Å². The van der Waals surface area contributed by atoms with Crippen molar-refractivity contribution in [2.24, 2.45) is 5.92 Å². The smallest absolute Gasteiger partial charge is 0.320 e. The van der Waals surface area contributed by atoms with Gasteiger partial charge in [0.2, 0.25) is 0 Å². The summed E-state index contributed by atoms with van der Waals surface area (Å²) in [6, 6.07) is 5.76. The van der Waals surface area contributed by atoms with E-state index >= 15 is 0 Å². The third-order valence-electron chi connectivity index (χ3n) is 6.19. The molecule has 0 unspecified atom stereocenters. The number of hydrogen-bond donors (Lipinski definition) is 3. The Bertz CT molecular complexity index is 968. The van der Waals surface area contributed by atoms with Crippen LogP contribution < -0.4 is 25.6 Å². The predicted molar refractivity (Wildman–Crippen MR) is 121 cm³/mol. The molecule has 3 amide bonds. The van der Waals surface area contributed by atoms with Crippen molar-refractivity contribution in [2.75, 3.05) is 36.5 Å². The highest BCUT2D eigenvalue weighted by molar-refractivity contribution is 7.13. The molecule has 5 rings (SSSR count). The van der Waals surface area contributed by atoms with Crippen LogP contribution in [0.5, 0.6) is 5.75 Å². The summed E-state index contributed by atoms with van der Waals surface area (Å²) in [6.07, 6.45) is 5.69. The summed E-state index contributed by atoms with van der Waals surface area (Å²) < 4.78 is 5.72. The number of piperidine rings is 1. The van der Waals surface area contributed by atoms with Gasteiger partial charge in [-0.2, -0.15) is 0 Å². The minimum atomic E-state index is -0.232. The highest BCUT2D eigenvalue weighted by Crippen LogP contribution is 2.39. The quantitative estimate of drug-likeness (QED) is 0.662. The van der Waals surface area contributed by atoms with Gasteiger partial charge in [0, 0.05) is 30.1 Å². The number of anilines is 2. The lowest BCUT2D eigenvalue weighted by atomic mass is 9.85. The van der Waals surface area contributed by atoms with Crippen molar-refractivity contribution in [3.8, 4) is 16.3 Å². The number of nitrogens with zero attached hydrogens (tertiary/aromatic N) is 2. The Morgan fingerprint density at radius 1 is 1.29 bits per heavy atom. The summed E-state index contributed by atoms with van der Waals surface area (Å²) in [4.78, 5) is 31.1. The van der Waals surface area contributed by atoms with Crippen LogP contribution in [0.4, 0.5) is 16.3 Å². The molecule has 3 N–H and O–H groups in total. The van der Waals surface area contributed by atoms with Crippen molar-refractivity contribution in [1.29, 1.82) is 0 Å². The van der Waals surface area contributed by atoms with E-state index < -0.39 is 0 Å². The van der Waals surface area contributed by atoms with Crippen molar-refractivity contribution >= 4 is 34.8 Å². The number of rotatable bonds is 5. The molecule has 1 atom stereocenters. The second kappa shape index (κ2) is 8.84. The lowest BCUT2D eigenvalue weighted by molar-refractivity contribution is -0.121. The first-order valence-electron chi connectivity index (χ1n) is 11.0. The standard InChI is InChI=1S/C22H27N5O3S/c28-20-12-30-18-9-15(6-7-17(18)27(20)11-14-3-1-4-14)21-25-19(13-31-21)26-22(29)24-16-5-2-8-23-10-16/h6-7,9,13-14,16,23H,1-5,8,10-12H2,(H2,24,26,29)/t16-/m1/s1. The Morgan fingerprint density at radius 3 is 2.97 bits per heavy atom. The van der Waals surface area contributed by atoms with Gasteiger partial charge in [-0.05, 0) is 56.3 Å². The second-order valence-corrected chi connectivity index (χ2v) is 9.31. The molecule has 3 heterocycles. The van der Waals surface area contributed by atoms with E-state index in [9.17, 15) is 9.59 Å². The highest BCUT2D eigenvalue weighted by atomic mass is 32.1. The van der Waals surface area contributed by atoms with E-state index in [1.165, 1.54) is 30.6 Å². The predicted octanol–water partition coefficient (Wildman–Crippen LogP) is 3.21. The van der Waals surface area contributed by atoms with Gasteiger partial charge in [0.05, 0.1) is 5.69 Å². The second-order valence-electron chi connectivity index (χ2n) is 8.45. The molecule has 1 saturated heterocycles. The number of thiazole rings is 1. The first kappa shape index (κ1) is 20.3. The minimum absolute atomic E-state index is 0.0204.